The average molecular weight is 567 g/mol. The molecule has 8 heteroatoms. The van der Waals surface area contributed by atoms with Crippen LogP contribution in [0.2, 0.25) is 0 Å². The number of benzene rings is 2. The predicted molar refractivity (Wildman–Crippen MR) is 141 cm³/mol. The van der Waals surface area contributed by atoms with E-state index in [4.69, 9.17) is 14.2 Å². The van der Waals surface area contributed by atoms with E-state index in [0.717, 1.165) is 31.6 Å². The number of aliphatic imine (C=N–C) groups is 1. The van der Waals surface area contributed by atoms with Crippen LogP contribution in [0.25, 0.3) is 0 Å². The second kappa shape index (κ2) is 13.4. The Morgan fingerprint density at radius 2 is 1.91 bits per heavy atom. The molecule has 1 heterocycles. The van der Waals surface area contributed by atoms with Crippen LogP contribution < -0.4 is 15.4 Å². The lowest BCUT2D eigenvalue weighted by Crippen LogP contribution is -2.41. The van der Waals surface area contributed by atoms with Crippen molar-refractivity contribution in [3.05, 3.63) is 64.7 Å². The van der Waals surface area contributed by atoms with Crippen molar-refractivity contribution in [3.63, 3.8) is 0 Å². The van der Waals surface area contributed by atoms with Crippen LogP contribution in [0.4, 0.5) is 0 Å². The van der Waals surface area contributed by atoms with Crippen LogP contribution in [0.5, 0.6) is 5.75 Å². The smallest absolute Gasteiger partial charge is 0.341 e. The fourth-order valence-electron chi connectivity index (χ4n) is 3.95. The van der Waals surface area contributed by atoms with Crippen molar-refractivity contribution in [3.8, 4) is 5.75 Å². The van der Waals surface area contributed by atoms with Gasteiger partial charge in [0.05, 0.1) is 20.3 Å². The van der Waals surface area contributed by atoms with Gasteiger partial charge in [-0.3, -0.25) is 4.99 Å². The van der Waals surface area contributed by atoms with Gasteiger partial charge in [0.2, 0.25) is 0 Å². The Balaban J connectivity index is 0.00000385. The third-order valence-corrected chi connectivity index (χ3v) is 5.74. The van der Waals surface area contributed by atoms with Crippen molar-refractivity contribution in [2.45, 2.75) is 32.4 Å². The monoisotopic (exact) mass is 567 g/mol. The quantitative estimate of drug-likeness (QED) is 0.226. The molecule has 3 rings (SSSR count). The van der Waals surface area contributed by atoms with Crippen LogP contribution in [0, 0.1) is 12.8 Å². The van der Waals surface area contributed by atoms with Crippen LogP contribution in [0.1, 0.15) is 46.0 Å². The summed E-state index contributed by atoms with van der Waals surface area (Å²) in [5.74, 6) is 1.12. The van der Waals surface area contributed by atoms with Gasteiger partial charge in [-0.1, -0.05) is 35.9 Å². The zero-order valence-electron chi connectivity index (χ0n) is 19.7. The topological polar surface area (TPSA) is 81.2 Å². The van der Waals surface area contributed by atoms with E-state index in [1.165, 1.54) is 25.3 Å². The van der Waals surface area contributed by atoms with Gasteiger partial charge in [0, 0.05) is 32.7 Å². The first-order valence-electron chi connectivity index (χ1n) is 10.9. The number of carbonyl (C=O) groups is 1. The first kappa shape index (κ1) is 26.9. The summed E-state index contributed by atoms with van der Waals surface area (Å²) in [6.07, 6.45) is 2.24. The predicted octanol–water partition coefficient (Wildman–Crippen LogP) is 4.24. The van der Waals surface area contributed by atoms with Gasteiger partial charge in [0.1, 0.15) is 11.3 Å². The number of carbonyl (C=O) groups excluding carboxylic acids is 1. The molecule has 2 unspecified atom stereocenters. The first-order valence-corrected chi connectivity index (χ1v) is 10.9. The Kier molecular flexibility index (Phi) is 10.9. The number of esters is 1. The lowest BCUT2D eigenvalue weighted by molar-refractivity contribution is -0.0265. The van der Waals surface area contributed by atoms with Gasteiger partial charge in [0.15, 0.2) is 5.96 Å². The number of nitrogens with zero attached hydrogens (tertiary/aromatic N) is 1. The minimum atomic E-state index is -0.425. The number of aryl methyl sites for hydroxylation is 1. The van der Waals surface area contributed by atoms with Crippen LogP contribution in [-0.4, -0.2) is 46.3 Å². The third kappa shape index (κ3) is 7.33. The highest BCUT2D eigenvalue weighted by molar-refractivity contribution is 14.0. The Morgan fingerprint density at radius 1 is 1.15 bits per heavy atom. The molecule has 1 aliphatic heterocycles. The minimum absolute atomic E-state index is 0. The highest BCUT2D eigenvalue weighted by Gasteiger charge is 2.27. The largest absolute Gasteiger partial charge is 0.496 e. The van der Waals surface area contributed by atoms with E-state index < -0.39 is 5.97 Å². The van der Waals surface area contributed by atoms with E-state index in [1.54, 1.807) is 19.2 Å². The third-order valence-electron chi connectivity index (χ3n) is 5.74. The molecule has 1 aliphatic rings. The number of halogens is 1. The molecule has 0 spiro atoms. The van der Waals surface area contributed by atoms with E-state index in [2.05, 4.69) is 46.8 Å². The minimum Gasteiger partial charge on any atom is -0.496 e. The van der Waals surface area contributed by atoms with Crippen molar-refractivity contribution in [2.75, 3.05) is 34.4 Å². The summed E-state index contributed by atoms with van der Waals surface area (Å²) in [4.78, 5) is 16.4. The lowest BCUT2D eigenvalue weighted by atomic mass is 9.89. The molecule has 2 N–H and O–H groups in total. The maximum Gasteiger partial charge on any atom is 0.341 e. The molecule has 2 aromatic rings. The Labute approximate surface area is 213 Å². The fourth-order valence-corrected chi connectivity index (χ4v) is 3.95. The van der Waals surface area contributed by atoms with Crippen molar-refractivity contribution in [1.82, 2.24) is 10.6 Å². The number of methoxy groups -OCH3 is 2. The Hall–Kier alpha value is -2.33. The maximum atomic E-state index is 12.0. The van der Waals surface area contributed by atoms with Crippen LogP contribution in [-0.2, 0) is 16.0 Å². The molecule has 0 bridgehead atoms. The van der Waals surface area contributed by atoms with Crippen LogP contribution >= 0.6 is 24.0 Å². The van der Waals surface area contributed by atoms with E-state index in [9.17, 15) is 4.79 Å². The Bertz CT molecular complexity index is 934. The summed E-state index contributed by atoms with van der Waals surface area (Å²) in [6.45, 7) is 4.16. The number of ether oxygens (including phenoxy) is 3. The lowest BCUT2D eigenvalue weighted by Gasteiger charge is -2.32. The van der Waals surface area contributed by atoms with Crippen LogP contribution in [0.15, 0.2) is 47.5 Å². The normalized spacial score (nSPS) is 18.1. The number of nitrogens with one attached hydrogen (secondary N) is 2. The van der Waals surface area contributed by atoms with Gasteiger partial charge in [-0.05, 0) is 43.0 Å². The van der Waals surface area contributed by atoms with Gasteiger partial charge >= 0.3 is 5.97 Å². The highest BCUT2D eigenvalue weighted by Crippen LogP contribution is 2.33. The molecule has 0 saturated carbocycles. The van der Waals surface area contributed by atoms with Crippen LogP contribution in [0.3, 0.4) is 0 Å². The van der Waals surface area contributed by atoms with E-state index >= 15 is 0 Å². The molecule has 2 aromatic carbocycles. The van der Waals surface area contributed by atoms with Crippen molar-refractivity contribution in [1.29, 1.82) is 0 Å². The molecule has 0 radical (unpaired) electrons. The fraction of sp³-hybridized carbons (Fsp3) is 0.440. The molecule has 1 fully saturated rings. The van der Waals surface area contributed by atoms with Crippen molar-refractivity contribution >= 4 is 35.9 Å². The molecule has 2 atom stereocenters. The summed E-state index contributed by atoms with van der Waals surface area (Å²) in [5, 5.41) is 6.75. The molecule has 0 aromatic heterocycles. The van der Waals surface area contributed by atoms with E-state index in [1.807, 2.05) is 6.07 Å². The number of rotatable bonds is 7. The summed E-state index contributed by atoms with van der Waals surface area (Å²) in [6, 6.07) is 14.0. The molecule has 33 heavy (non-hydrogen) atoms. The SMILES string of the molecule is CN=C(NCc1ccc(OC)c(C(=O)OC)c1)NCC1CCCOC1c1ccc(C)cc1.I. The summed E-state index contributed by atoms with van der Waals surface area (Å²) in [5.41, 5.74) is 3.79. The molecule has 1 saturated heterocycles. The second-order valence-corrected chi connectivity index (χ2v) is 7.94. The maximum absolute atomic E-state index is 12.0. The standard InChI is InChI=1S/C25H33N3O4.HI/c1-17-7-10-19(11-8-17)23-20(6-5-13-32-23)16-28-25(26-2)27-15-18-9-12-22(30-3)21(14-18)24(29)31-4;/h7-12,14,20,23H,5-6,13,15-16H2,1-4H3,(H2,26,27,28);1H. The van der Waals surface area contributed by atoms with Gasteiger partial charge in [-0.25, -0.2) is 4.79 Å². The molecule has 0 aliphatic carbocycles. The molecule has 7 nitrogen and oxygen atoms in total. The van der Waals surface area contributed by atoms with Crippen molar-refractivity contribution < 1.29 is 19.0 Å². The number of hydrogen-bond donors (Lipinski definition) is 2. The van der Waals surface area contributed by atoms with E-state index in [-0.39, 0.29) is 30.1 Å². The molecule has 0 amide bonds. The van der Waals surface area contributed by atoms with Gasteiger partial charge < -0.3 is 24.8 Å². The molecular weight excluding hydrogens is 533 g/mol. The first-order chi connectivity index (χ1) is 15.5. The van der Waals surface area contributed by atoms with E-state index in [0.29, 0.717) is 29.7 Å². The Morgan fingerprint density at radius 3 is 2.58 bits per heavy atom. The molecular formula is C25H34IN3O4. The summed E-state index contributed by atoms with van der Waals surface area (Å²) >= 11 is 0. The number of hydrogen-bond acceptors (Lipinski definition) is 5. The van der Waals surface area contributed by atoms with Gasteiger partial charge in [-0.15, -0.1) is 24.0 Å². The summed E-state index contributed by atoms with van der Waals surface area (Å²) < 4.78 is 16.2. The molecule has 180 valence electrons. The van der Waals surface area contributed by atoms with Gasteiger partial charge in [-0.2, -0.15) is 0 Å². The van der Waals surface area contributed by atoms with Crippen molar-refractivity contribution in [2.24, 2.45) is 10.9 Å². The highest BCUT2D eigenvalue weighted by atomic mass is 127. The van der Waals surface area contributed by atoms with Gasteiger partial charge in [0.25, 0.3) is 0 Å². The summed E-state index contributed by atoms with van der Waals surface area (Å²) in [7, 11) is 4.64. The second-order valence-electron chi connectivity index (χ2n) is 7.94. The number of guanidine groups is 1. The average Bonchev–Trinajstić information content (AvgIpc) is 2.84. The zero-order valence-corrected chi connectivity index (χ0v) is 22.1. The zero-order chi connectivity index (χ0) is 22.9.